The van der Waals surface area contributed by atoms with Gasteiger partial charge in [-0.1, -0.05) is 74.0 Å². The van der Waals surface area contributed by atoms with E-state index in [1.807, 2.05) is 19.1 Å². The molecule has 0 amide bonds. The Morgan fingerprint density at radius 1 is 0.905 bits per heavy atom. The van der Waals surface area contributed by atoms with Crippen LogP contribution in [0.4, 0.5) is 0 Å². The summed E-state index contributed by atoms with van der Waals surface area (Å²) in [6.45, 7) is 2.06. The molecule has 0 aromatic heterocycles. The summed E-state index contributed by atoms with van der Waals surface area (Å²) >= 11 is 0. The van der Waals surface area contributed by atoms with Gasteiger partial charge in [-0.3, -0.25) is 4.52 Å². The molecule has 0 bridgehead atoms. The second-order valence-electron chi connectivity index (χ2n) is 4.41. The summed E-state index contributed by atoms with van der Waals surface area (Å²) in [5, 5.41) is 0. The van der Waals surface area contributed by atoms with Crippen molar-refractivity contribution < 1.29 is 18.9 Å². The molecule has 5 heteroatoms. The normalized spacial score (nSPS) is 10.6. The third-order valence-corrected chi connectivity index (χ3v) is 3.16. The van der Waals surface area contributed by atoms with Crippen molar-refractivity contribution in [1.29, 1.82) is 0 Å². The molecule has 0 fully saturated rings. The van der Waals surface area contributed by atoms with Gasteiger partial charge < -0.3 is 9.79 Å². The lowest BCUT2D eigenvalue weighted by molar-refractivity contribution is 0.194. The van der Waals surface area contributed by atoms with E-state index in [1.165, 1.54) is 11.1 Å². The van der Waals surface area contributed by atoms with E-state index in [1.54, 1.807) is 0 Å². The Morgan fingerprint density at radius 3 is 1.67 bits per heavy atom. The molecule has 2 N–H and O–H groups in total. The fraction of sp³-hybridized carbons (Fsp3) is 0.250. The molecular weight excluding hydrogens is 287 g/mol. The van der Waals surface area contributed by atoms with Gasteiger partial charge in [-0.25, -0.2) is 4.57 Å². The predicted molar refractivity (Wildman–Crippen MR) is 84.8 cm³/mol. The van der Waals surface area contributed by atoms with E-state index in [9.17, 15) is 4.57 Å². The number of phosphoric acid groups is 1. The van der Waals surface area contributed by atoms with Gasteiger partial charge in [0.25, 0.3) is 0 Å². The van der Waals surface area contributed by atoms with E-state index in [0.29, 0.717) is 6.42 Å². The fourth-order valence-corrected chi connectivity index (χ4v) is 1.96. The first-order valence-corrected chi connectivity index (χ1v) is 8.36. The lowest BCUT2D eigenvalue weighted by Gasteiger charge is -2.02. The first-order chi connectivity index (χ1) is 10.0. The molecule has 4 nitrogen and oxygen atoms in total. The third-order valence-electron chi connectivity index (χ3n) is 2.64. The maximum Gasteiger partial charge on any atom is 0.469 e. The average Bonchev–Trinajstić information content (AvgIpc) is 2.49. The lowest BCUT2D eigenvalue weighted by Crippen LogP contribution is -1.90. The van der Waals surface area contributed by atoms with Gasteiger partial charge >= 0.3 is 7.82 Å². The molecule has 2 aromatic rings. The van der Waals surface area contributed by atoms with Gasteiger partial charge in [-0.05, 0) is 17.5 Å². The highest BCUT2D eigenvalue weighted by molar-refractivity contribution is 7.46. The van der Waals surface area contributed by atoms with Crippen LogP contribution in [-0.2, 0) is 9.09 Å². The summed E-state index contributed by atoms with van der Waals surface area (Å²) < 4.78 is 14.1. The van der Waals surface area contributed by atoms with Crippen molar-refractivity contribution >= 4 is 7.82 Å². The summed E-state index contributed by atoms with van der Waals surface area (Å²) in [5.74, 6) is 0. The molecule has 0 heterocycles. The zero-order valence-electron chi connectivity index (χ0n) is 12.1. The van der Waals surface area contributed by atoms with Crippen molar-refractivity contribution in [2.24, 2.45) is 0 Å². The van der Waals surface area contributed by atoms with Crippen molar-refractivity contribution in [3.05, 3.63) is 60.7 Å². The van der Waals surface area contributed by atoms with Crippen molar-refractivity contribution in [1.82, 2.24) is 0 Å². The first kappa shape index (κ1) is 17.6. The Labute approximate surface area is 125 Å². The summed E-state index contributed by atoms with van der Waals surface area (Å²) in [6.07, 6.45) is 1.56. The van der Waals surface area contributed by atoms with E-state index >= 15 is 0 Å². The van der Waals surface area contributed by atoms with Crippen LogP contribution >= 0.6 is 7.82 Å². The Bertz CT molecular complexity index is 499. The minimum atomic E-state index is -4.20. The smallest absolute Gasteiger partial charge is 0.303 e. The van der Waals surface area contributed by atoms with Crippen LogP contribution in [0.25, 0.3) is 11.1 Å². The zero-order valence-corrected chi connectivity index (χ0v) is 12.9. The largest absolute Gasteiger partial charge is 0.469 e. The van der Waals surface area contributed by atoms with Gasteiger partial charge in [0.05, 0.1) is 6.61 Å². The van der Waals surface area contributed by atoms with E-state index in [-0.39, 0.29) is 6.61 Å². The Kier molecular flexibility index (Phi) is 7.95. The molecule has 0 aliphatic heterocycles. The number of rotatable bonds is 5. The van der Waals surface area contributed by atoms with Gasteiger partial charge in [0.1, 0.15) is 0 Å². The molecule has 0 unspecified atom stereocenters. The van der Waals surface area contributed by atoms with E-state index in [4.69, 9.17) is 9.79 Å². The van der Waals surface area contributed by atoms with Crippen molar-refractivity contribution in [2.45, 2.75) is 19.8 Å². The van der Waals surface area contributed by atoms with Crippen LogP contribution in [0.2, 0.25) is 0 Å². The minimum Gasteiger partial charge on any atom is -0.303 e. The van der Waals surface area contributed by atoms with E-state index < -0.39 is 7.82 Å². The first-order valence-electron chi connectivity index (χ1n) is 6.83. The highest BCUT2D eigenvalue weighted by Crippen LogP contribution is 2.35. The quantitative estimate of drug-likeness (QED) is 0.640. The molecule has 2 aromatic carbocycles. The minimum absolute atomic E-state index is 0.140. The SMILES string of the molecule is CCCCOP(=O)(O)O.c1ccc(-c2ccccc2)cc1. The van der Waals surface area contributed by atoms with Crippen molar-refractivity contribution in [2.75, 3.05) is 6.61 Å². The maximum absolute atomic E-state index is 9.98. The molecule has 0 atom stereocenters. The van der Waals surface area contributed by atoms with E-state index in [2.05, 4.69) is 53.1 Å². The number of hydrogen-bond acceptors (Lipinski definition) is 2. The Morgan fingerprint density at radius 2 is 1.33 bits per heavy atom. The van der Waals surface area contributed by atoms with Crippen LogP contribution in [0.1, 0.15) is 19.8 Å². The van der Waals surface area contributed by atoms with Gasteiger partial charge in [-0.15, -0.1) is 0 Å². The molecule has 0 aliphatic rings. The number of hydrogen-bond donors (Lipinski definition) is 2. The molecule has 0 saturated heterocycles. The molecular formula is C16H21O4P. The molecule has 0 saturated carbocycles. The topological polar surface area (TPSA) is 66.8 Å². The van der Waals surface area contributed by atoms with Crippen molar-refractivity contribution in [3.63, 3.8) is 0 Å². The third kappa shape index (κ3) is 8.43. The zero-order chi connectivity index (χ0) is 15.6. The number of phosphoric ester groups is 1. The predicted octanol–water partition coefficient (Wildman–Crippen LogP) is 4.25. The van der Waals surface area contributed by atoms with Crippen LogP contribution in [0, 0.1) is 0 Å². The number of benzene rings is 2. The molecule has 0 spiro atoms. The summed E-state index contributed by atoms with van der Waals surface area (Å²) in [6, 6.07) is 20.8. The Hall–Kier alpha value is -1.45. The summed E-state index contributed by atoms with van der Waals surface area (Å²) in [5.41, 5.74) is 2.55. The van der Waals surface area contributed by atoms with Gasteiger partial charge in [0, 0.05) is 0 Å². The summed E-state index contributed by atoms with van der Waals surface area (Å²) in [4.78, 5) is 16.3. The molecule has 114 valence electrons. The van der Waals surface area contributed by atoms with Crippen LogP contribution in [0.3, 0.4) is 0 Å². The number of unbranched alkanes of at least 4 members (excludes halogenated alkanes) is 1. The monoisotopic (exact) mass is 308 g/mol. The molecule has 21 heavy (non-hydrogen) atoms. The highest BCUT2D eigenvalue weighted by Gasteiger charge is 2.11. The molecule has 2 rings (SSSR count). The van der Waals surface area contributed by atoms with Gasteiger partial charge in [-0.2, -0.15) is 0 Å². The van der Waals surface area contributed by atoms with Gasteiger partial charge in [0.15, 0.2) is 0 Å². The average molecular weight is 308 g/mol. The van der Waals surface area contributed by atoms with Crippen LogP contribution in [-0.4, -0.2) is 16.4 Å². The van der Waals surface area contributed by atoms with Crippen LogP contribution in [0.15, 0.2) is 60.7 Å². The summed E-state index contributed by atoms with van der Waals surface area (Å²) in [7, 11) is -4.20. The van der Waals surface area contributed by atoms with E-state index in [0.717, 1.165) is 6.42 Å². The Balaban J connectivity index is 0.000000222. The lowest BCUT2D eigenvalue weighted by atomic mass is 10.1. The molecule has 0 radical (unpaired) electrons. The van der Waals surface area contributed by atoms with Crippen LogP contribution in [0.5, 0.6) is 0 Å². The van der Waals surface area contributed by atoms with Crippen molar-refractivity contribution in [3.8, 4) is 11.1 Å². The fourth-order valence-electron chi connectivity index (χ4n) is 1.59. The van der Waals surface area contributed by atoms with Crippen LogP contribution < -0.4 is 0 Å². The highest BCUT2D eigenvalue weighted by atomic mass is 31.2. The van der Waals surface area contributed by atoms with Gasteiger partial charge in [0.2, 0.25) is 0 Å². The second kappa shape index (κ2) is 9.48. The standard InChI is InChI=1S/C12H10.C4H11O4P/c1-3-7-11(8-4-1)12-9-5-2-6-10-12;1-2-3-4-8-9(5,6)7/h1-10H;2-4H2,1H3,(H2,5,6,7). The maximum atomic E-state index is 9.98. The second-order valence-corrected chi connectivity index (χ2v) is 5.65. The molecule has 0 aliphatic carbocycles.